The summed E-state index contributed by atoms with van der Waals surface area (Å²) in [4.78, 5) is 41.0. The lowest BCUT2D eigenvalue weighted by molar-refractivity contribution is -0.143. The number of aromatic nitrogens is 1. The number of para-hydroxylation sites is 1. The summed E-state index contributed by atoms with van der Waals surface area (Å²) in [5.74, 6) is -1.77. The van der Waals surface area contributed by atoms with Crippen LogP contribution in [0.2, 0.25) is 0 Å². The van der Waals surface area contributed by atoms with Gasteiger partial charge in [0.25, 0.3) is 0 Å². The normalized spacial score (nSPS) is 17.3. The first-order valence-corrected chi connectivity index (χ1v) is 9.49. The Morgan fingerprint density at radius 2 is 1.96 bits per heavy atom. The summed E-state index contributed by atoms with van der Waals surface area (Å²) >= 11 is 0. The van der Waals surface area contributed by atoms with E-state index in [4.69, 9.17) is 5.73 Å². The smallest absolute Gasteiger partial charge is 0.326 e. The van der Waals surface area contributed by atoms with Gasteiger partial charge in [0.05, 0.1) is 6.04 Å². The van der Waals surface area contributed by atoms with Gasteiger partial charge in [-0.3, -0.25) is 9.59 Å². The number of likely N-dealkylation sites (tertiary alicyclic amines) is 1. The summed E-state index contributed by atoms with van der Waals surface area (Å²) in [7, 11) is 0. The van der Waals surface area contributed by atoms with E-state index in [1.807, 2.05) is 24.3 Å². The van der Waals surface area contributed by atoms with E-state index < -0.39 is 18.1 Å². The fourth-order valence-corrected chi connectivity index (χ4v) is 3.66. The molecule has 1 fully saturated rings. The van der Waals surface area contributed by atoms with E-state index in [2.05, 4.69) is 10.3 Å². The highest BCUT2D eigenvalue weighted by atomic mass is 16.4. The summed E-state index contributed by atoms with van der Waals surface area (Å²) in [6.07, 6.45) is 2.99. The van der Waals surface area contributed by atoms with Crippen molar-refractivity contribution in [2.24, 2.45) is 11.7 Å². The van der Waals surface area contributed by atoms with Crippen LogP contribution in [0, 0.1) is 5.92 Å². The molecule has 3 rings (SSSR count). The van der Waals surface area contributed by atoms with Crippen molar-refractivity contribution in [3.05, 3.63) is 36.0 Å². The molecule has 0 spiro atoms. The van der Waals surface area contributed by atoms with E-state index in [0.717, 1.165) is 16.5 Å². The van der Waals surface area contributed by atoms with Crippen molar-refractivity contribution in [1.82, 2.24) is 15.2 Å². The van der Waals surface area contributed by atoms with Gasteiger partial charge >= 0.3 is 5.97 Å². The number of carbonyl (C=O) groups is 3. The third-order valence-electron chi connectivity index (χ3n) is 5.28. The van der Waals surface area contributed by atoms with Gasteiger partial charge in [-0.1, -0.05) is 18.2 Å². The van der Waals surface area contributed by atoms with Crippen LogP contribution in [-0.2, 0) is 20.8 Å². The zero-order valence-electron chi connectivity index (χ0n) is 15.9. The van der Waals surface area contributed by atoms with E-state index in [1.165, 1.54) is 0 Å². The van der Waals surface area contributed by atoms with E-state index in [-0.39, 0.29) is 24.2 Å². The number of carbonyl (C=O) groups excluding carboxylic acids is 2. The van der Waals surface area contributed by atoms with E-state index in [1.54, 1.807) is 18.0 Å². The average Bonchev–Trinajstić information content (AvgIpc) is 3.09. The monoisotopic (exact) mass is 386 g/mol. The molecule has 5 N–H and O–H groups in total. The molecule has 0 saturated carbocycles. The molecule has 1 saturated heterocycles. The number of amides is 2. The molecule has 1 aromatic heterocycles. The van der Waals surface area contributed by atoms with Gasteiger partial charge in [-0.25, -0.2) is 4.79 Å². The highest BCUT2D eigenvalue weighted by molar-refractivity contribution is 5.87. The van der Waals surface area contributed by atoms with Crippen LogP contribution in [0.1, 0.15) is 25.3 Å². The van der Waals surface area contributed by atoms with Crippen LogP contribution in [0.5, 0.6) is 0 Å². The van der Waals surface area contributed by atoms with Crippen molar-refractivity contribution in [2.45, 2.75) is 38.3 Å². The maximum atomic E-state index is 12.6. The lowest BCUT2D eigenvalue weighted by atomic mass is 9.94. The standard InChI is InChI=1S/C20H26N4O4/c1-12(21)19(26)24-8-6-13(7-9-24)18(25)23-17(20(27)28)10-14-11-22-16-5-3-2-4-15(14)16/h2-5,11-13,17,22H,6-10,21H2,1H3,(H,23,25)(H,27,28)/t12-,17-/m0/s1. The van der Waals surface area contributed by atoms with E-state index in [0.29, 0.717) is 25.9 Å². The predicted molar refractivity (Wildman–Crippen MR) is 105 cm³/mol. The molecule has 2 amide bonds. The molecule has 0 unspecified atom stereocenters. The molecular weight excluding hydrogens is 360 g/mol. The number of piperidine rings is 1. The number of nitrogens with zero attached hydrogens (tertiary/aromatic N) is 1. The third kappa shape index (κ3) is 4.33. The minimum Gasteiger partial charge on any atom is -0.480 e. The first kappa shape index (κ1) is 19.9. The van der Waals surface area contributed by atoms with Crippen molar-refractivity contribution in [3.8, 4) is 0 Å². The van der Waals surface area contributed by atoms with Crippen LogP contribution in [0.3, 0.4) is 0 Å². The summed E-state index contributed by atoms with van der Waals surface area (Å²) in [6, 6.07) is 6.08. The summed E-state index contributed by atoms with van der Waals surface area (Å²) < 4.78 is 0. The number of rotatable bonds is 6. The Kier molecular flexibility index (Phi) is 5.99. The second-order valence-electron chi connectivity index (χ2n) is 7.35. The Hall–Kier alpha value is -2.87. The Morgan fingerprint density at radius 1 is 1.29 bits per heavy atom. The molecule has 2 atom stereocenters. The molecule has 0 radical (unpaired) electrons. The van der Waals surface area contributed by atoms with Crippen LogP contribution >= 0.6 is 0 Å². The molecule has 8 nitrogen and oxygen atoms in total. The van der Waals surface area contributed by atoms with Crippen molar-refractivity contribution < 1.29 is 19.5 Å². The summed E-state index contributed by atoms with van der Waals surface area (Å²) in [5, 5.41) is 13.2. The number of fused-ring (bicyclic) bond motifs is 1. The first-order chi connectivity index (χ1) is 13.4. The minimum atomic E-state index is -1.07. The topological polar surface area (TPSA) is 129 Å². The number of H-pyrrole nitrogens is 1. The van der Waals surface area contributed by atoms with E-state index >= 15 is 0 Å². The molecule has 2 aromatic rings. The molecule has 150 valence electrons. The Balaban J connectivity index is 1.61. The highest BCUT2D eigenvalue weighted by Crippen LogP contribution is 2.21. The van der Waals surface area contributed by atoms with Crippen molar-refractivity contribution in [3.63, 3.8) is 0 Å². The number of aliphatic carboxylic acids is 1. The maximum absolute atomic E-state index is 12.6. The van der Waals surface area contributed by atoms with Gasteiger partial charge in [-0.2, -0.15) is 0 Å². The average molecular weight is 386 g/mol. The number of hydrogen-bond donors (Lipinski definition) is 4. The van der Waals surface area contributed by atoms with Gasteiger partial charge in [0, 0.05) is 42.5 Å². The van der Waals surface area contributed by atoms with Crippen molar-refractivity contribution >= 4 is 28.7 Å². The third-order valence-corrected chi connectivity index (χ3v) is 5.28. The fourth-order valence-electron chi connectivity index (χ4n) is 3.66. The zero-order chi connectivity index (χ0) is 20.3. The maximum Gasteiger partial charge on any atom is 0.326 e. The van der Waals surface area contributed by atoms with Gasteiger partial charge in [0.2, 0.25) is 11.8 Å². The Morgan fingerprint density at radius 3 is 2.61 bits per heavy atom. The number of nitrogens with two attached hydrogens (primary N) is 1. The summed E-state index contributed by atoms with van der Waals surface area (Å²) in [5.41, 5.74) is 7.40. The predicted octanol–water partition coefficient (Wildman–Crippen LogP) is 0.866. The van der Waals surface area contributed by atoms with Gasteiger partial charge < -0.3 is 26.0 Å². The second-order valence-corrected chi connectivity index (χ2v) is 7.35. The number of aromatic amines is 1. The van der Waals surface area contributed by atoms with Crippen molar-refractivity contribution in [1.29, 1.82) is 0 Å². The molecule has 1 aromatic carbocycles. The van der Waals surface area contributed by atoms with Gasteiger partial charge in [-0.05, 0) is 31.4 Å². The van der Waals surface area contributed by atoms with Crippen LogP contribution in [-0.4, -0.2) is 57.9 Å². The lowest BCUT2D eigenvalue weighted by Gasteiger charge is -2.32. The number of benzene rings is 1. The molecule has 28 heavy (non-hydrogen) atoms. The van der Waals surface area contributed by atoms with Crippen LogP contribution in [0.15, 0.2) is 30.5 Å². The Labute approximate surface area is 163 Å². The van der Waals surface area contributed by atoms with Gasteiger partial charge in [-0.15, -0.1) is 0 Å². The number of carboxylic acids is 1. The number of carboxylic acid groups (broad SMARTS) is 1. The number of nitrogens with one attached hydrogen (secondary N) is 2. The SMILES string of the molecule is C[C@H](N)C(=O)N1CCC(C(=O)N[C@@H](Cc2c[nH]c3ccccc23)C(=O)O)CC1. The molecule has 8 heteroatoms. The first-order valence-electron chi connectivity index (χ1n) is 9.49. The Bertz CT molecular complexity index is 868. The van der Waals surface area contributed by atoms with E-state index in [9.17, 15) is 19.5 Å². The minimum absolute atomic E-state index is 0.124. The lowest BCUT2D eigenvalue weighted by Crippen LogP contribution is -2.50. The van der Waals surface area contributed by atoms with Gasteiger partial charge in [0.1, 0.15) is 6.04 Å². The van der Waals surface area contributed by atoms with Crippen LogP contribution < -0.4 is 11.1 Å². The van der Waals surface area contributed by atoms with Gasteiger partial charge in [0.15, 0.2) is 0 Å². The zero-order valence-corrected chi connectivity index (χ0v) is 15.9. The molecule has 0 bridgehead atoms. The van der Waals surface area contributed by atoms with Crippen LogP contribution in [0.4, 0.5) is 0 Å². The molecule has 1 aliphatic rings. The van der Waals surface area contributed by atoms with Crippen molar-refractivity contribution in [2.75, 3.05) is 13.1 Å². The quantitative estimate of drug-likeness (QED) is 0.585. The molecule has 0 aliphatic carbocycles. The molecule has 1 aliphatic heterocycles. The molecular formula is C20H26N4O4. The molecule has 2 heterocycles. The summed E-state index contributed by atoms with van der Waals surface area (Å²) in [6.45, 7) is 2.56. The fraction of sp³-hybridized carbons (Fsp3) is 0.450. The largest absolute Gasteiger partial charge is 0.480 e. The van der Waals surface area contributed by atoms with Crippen LogP contribution in [0.25, 0.3) is 10.9 Å². The number of hydrogen-bond acceptors (Lipinski definition) is 4. The highest BCUT2D eigenvalue weighted by Gasteiger charge is 2.31. The second kappa shape index (κ2) is 8.43.